The largest absolute Gasteiger partial charge is 0.390 e. The second-order valence-corrected chi connectivity index (χ2v) is 3.66. The molecule has 0 fully saturated rings. The fraction of sp³-hybridized carbons (Fsp3) is 0.667. The normalized spacial score (nSPS) is 25.7. The summed E-state index contributed by atoms with van der Waals surface area (Å²) in [6, 6.07) is 0. The number of ketones is 1. The van der Waals surface area contributed by atoms with E-state index in [0.29, 0.717) is 6.42 Å². The lowest BCUT2D eigenvalue weighted by Gasteiger charge is -2.29. The fourth-order valence-electron chi connectivity index (χ4n) is 1.30. The monoisotopic (exact) mass is 154 g/mol. The van der Waals surface area contributed by atoms with Crippen LogP contribution in [0, 0.1) is 5.92 Å². The molecule has 1 atom stereocenters. The highest BCUT2D eigenvalue weighted by atomic mass is 16.3. The van der Waals surface area contributed by atoms with Crippen LogP contribution in [0.15, 0.2) is 12.2 Å². The summed E-state index contributed by atoms with van der Waals surface area (Å²) in [5, 5.41) is 9.57. The summed E-state index contributed by atoms with van der Waals surface area (Å²) < 4.78 is 0. The Hall–Kier alpha value is -0.630. The van der Waals surface area contributed by atoms with E-state index < -0.39 is 5.60 Å². The molecule has 0 aromatic heterocycles. The van der Waals surface area contributed by atoms with Gasteiger partial charge in [-0.2, -0.15) is 0 Å². The van der Waals surface area contributed by atoms with Crippen molar-refractivity contribution >= 4 is 5.78 Å². The molecule has 0 saturated carbocycles. The Morgan fingerprint density at radius 3 is 2.64 bits per heavy atom. The van der Waals surface area contributed by atoms with Gasteiger partial charge in [-0.3, -0.25) is 4.79 Å². The van der Waals surface area contributed by atoms with Crippen molar-refractivity contribution in [1.29, 1.82) is 0 Å². The Balaban J connectivity index is 2.64. The predicted octanol–water partition coefficient (Wildman–Crippen LogP) is 1.29. The Bertz CT molecular complexity index is 186. The minimum Gasteiger partial charge on any atom is -0.390 e. The number of rotatable bonds is 1. The third-order valence-electron chi connectivity index (χ3n) is 2.17. The molecule has 1 aliphatic carbocycles. The number of allylic oxidation sites excluding steroid dienone is 2. The zero-order chi connectivity index (χ0) is 8.48. The highest BCUT2D eigenvalue weighted by Crippen LogP contribution is 2.26. The molecule has 62 valence electrons. The molecule has 0 spiro atoms. The van der Waals surface area contributed by atoms with Crippen molar-refractivity contribution in [3.63, 3.8) is 0 Å². The third-order valence-corrected chi connectivity index (χ3v) is 2.17. The van der Waals surface area contributed by atoms with Crippen LogP contribution in [0.1, 0.15) is 26.7 Å². The zero-order valence-corrected chi connectivity index (χ0v) is 7.00. The van der Waals surface area contributed by atoms with E-state index in [9.17, 15) is 9.90 Å². The second kappa shape index (κ2) is 2.78. The molecule has 1 aliphatic rings. The molecule has 0 aliphatic heterocycles. The van der Waals surface area contributed by atoms with Crippen molar-refractivity contribution in [2.45, 2.75) is 32.3 Å². The van der Waals surface area contributed by atoms with Crippen LogP contribution >= 0.6 is 0 Å². The SMILES string of the molecule is CC(C)(O)C1CC=CC(=O)C1. The van der Waals surface area contributed by atoms with E-state index in [0.717, 1.165) is 6.42 Å². The maximum atomic E-state index is 10.9. The predicted molar refractivity (Wildman–Crippen MR) is 43.2 cm³/mol. The smallest absolute Gasteiger partial charge is 0.155 e. The molecule has 0 bridgehead atoms. The van der Waals surface area contributed by atoms with Crippen LogP contribution in [0.25, 0.3) is 0 Å². The average molecular weight is 154 g/mol. The summed E-state index contributed by atoms with van der Waals surface area (Å²) in [5.41, 5.74) is -0.722. The molecule has 0 radical (unpaired) electrons. The van der Waals surface area contributed by atoms with E-state index in [1.54, 1.807) is 19.9 Å². The number of hydrogen-bond acceptors (Lipinski definition) is 2. The van der Waals surface area contributed by atoms with E-state index in [1.807, 2.05) is 6.08 Å². The van der Waals surface area contributed by atoms with E-state index in [-0.39, 0.29) is 11.7 Å². The van der Waals surface area contributed by atoms with Gasteiger partial charge in [0.05, 0.1) is 5.60 Å². The minimum atomic E-state index is -0.722. The molecule has 0 heterocycles. The molecule has 0 amide bonds. The molecule has 1 N–H and O–H groups in total. The Morgan fingerprint density at radius 1 is 1.64 bits per heavy atom. The van der Waals surface area contributed by atoms with Crippen molar-refractivity contribution in [2.24, 2.45) is 5.92 Å². The lowest BCUT2D eigenvalue weighted by atomic mass is 9.81. The van der Waals surface area contributed by atoms with Gasteiger partial charge in [-0.15, -0.1) is 0 Å². The van der Waals surface area contributed by atoms with Gasteiger partial charge >= 0.3 is 0 Å². The van der Waals surface area contributed by atoms with Gasteiger partial charge in [-0.25, -0.2) is 0 Å². The molecule has 0 aromatic carbocycles. The van der Waals surface area contributed by atoms with Crippen molar-refractivity contribution in [2.75, 3.05) is 0 Å². The number of aliphatic hydroxyl groups is 1. The van der Waals surface area contributed by atoms with Gasteiger partial charge in [0, 0.05) is 6.42 Å². The topological polar surface area (TPSA) is 37.3 Å². The standard InChI is InChI=1S/C9H14O2/c1-9(2,11)7-4-3-5-8(10)6-7/h3,5,7,11H,4,6H2,1-2H3. The van der Waals surface area contributed by atoms with Crippen LogP contribution in [0.5, 0.6) is 0 Å². The average Bonchev–Trinajstić information content (AvgIpc) is 1.86. The van der Waals surface area contributed by atoms with Gasteiger partial charge in [-0.05, 0) is 32.3 Å². The van der Waals surface area contributed by atoms with Crippen LogP contribution in [0.3, 0.4) is 0 Å². The third kappa shape index (κ3) is 2.15. The highest BCUT2D eigenvalue weighted by molar-refractivity contribution is 5.90. The summed E-state index contributed by atoms with van der Waals surface area (Å²) in [5.74, 6) is 0.225. The van der Waals surface area contributed by atoms with Gasteiger partial charge < -0.3 is 5.11 Å². The Morgan fingerprint density at radius 2 is 2.27 bits per heavy atom. The molecule has 1 unspecified atom stereocenters. The van der Waals surface area contributed by atoms with Crippen molar-refractivity contribution in [3.8, 4) is 0 Å². The molecule has 0 aromatic rings. The first-order valence-corrected chi connectivity index (χ1v) is 3.92. The highest BCUT2D eigenvalue weighted by Gasteiger charge is 2.28. The van der Waals surface area contributed by atoms with Gasteiger partial charge in [0.25, 0.3) is 0 Å². The molecular formula is C9H14O2. The van der Waals surface area contributed by atoms with Crippen LogP contribution in [-0.2, 0) is 4.79 Å². The summed E-state index contributed by atoms with van der Waals surface area (Å²) in [7, 11) is 0. The summed E-state index contributed by atoms with van der Waals surface area (Å²) in [6.07, 6.45) is 4.74. The molecule has 2 nitrogen and oxygen atoms in total. The van der Waals surface area contributed by atoms with Crippen LogP contribution in [0.4, 0.5) is 0 Å². The first-order valence-electron chi connectivity index (χ1n) is 3.92. The number of carbonyl (C=O) groups is 1. The molecule has 0 saturated heterocycles. The maximum absolute atomic E-state index is 10.9. The van der Waals surface area contributed by atoms with Crippen molar-refractivity contribution < 1.29 is 9.90 Å². The van der Waals surface area contributed by atoms with Gasteiger partial charge in [0.1, 0.15) is 0 Å². The van der Waals surface area contributed by atoms with E-state index in [1.165, 1.54) is 0 Å². The lowest BCUT2D eigenvalue weighted by molar-refractivity contribution is -0.118. The Kier molecular flexibility index (Phi) is 2.14. The van der Waals surface area contributed by atoms with E-state index in [2.05, 4.69) is 0 Å². The molecule has 11 heavy (non-hydrogen) atoms. The first kappa shape index (κ1) is 8.47. The maximum Gasteiger partial charge on any atom is 0.155 e. The van der Waals surface area contributed by atoms with Crippen molar-refractivity contribution in [1.82, 2.24) is 0 Å². The van der Waals surface area contributed by atoms with E-state index in [4.69, 9.17) is 0 Å². The van der Waals surface area contributed by atoms with Crippen molar-refractivity contribution in [3.05, 3.63) is 12.2 Å². The number of carbonyl (C=O) groups excluding carboxylic acids is 1. The van der Waals surface area contributed by atoms with Gasteiger partial charge in [0.2, 0.25) is 0 Å². The molecule has 1 rings (SSSR count). The van der Waals surface area contributed by atoms with E-state index >= 15 is 0 Å². The first-order chi connectivity index (χ1) is 5.00. The summed E-state index contributed by atoms with van der Waals surface area (Å²) in [6.45, 7) is 3.51. The summed E-state index contributed by atoms with van der Waals surface area (Å²) in [4.78, 5) is 10.9. The quantitative estimate of drug-likeness (QED) is 0.618. The number of hydrogen-bond donors (Lipinski definition) is 1. The molecular weight excluding hydrogens is 140 g/mol. The zero-order valence-electron chi connectivity index (χ0n) is 7.00. The summed E-state index contributed by atoms with van der Waals surface area (Å²) >= 11 is 0. The fourth-order valence-corrected chi connectivity index (χ4v) is 1.30. The van der Waals surface area contributed by atoms with Crippen LogP contribution in [-0.4, -0.2) is 16.5 Å². The second-order valence-electron chi connectivity index (χ2n) is 3.66. The lowest BCUT2D eigenvalue weighted by Crippen LogP contribution is -2.33. The minimum absolute atomic E-state index is 0.0972. The van der Waals surface area contributed by atoms with Gasteiger partial charge in [0.15, 0.2) is 5.78 Å². The molecule has 2 heteroatoms. The van der Waals surface area contributed by atoms with Gasteiger partial charge in [-0.1, -0.05) is 6.08 Å². The Labute approximate surface area is 66.9 Å². The van der Waals surface area contributed by atoms with Crippen LogP contribution in [0.2, 0.25) is 0 Å². The van der Waals surface area contributed by atoms with Crippen LogP contribution < -0.4 is 0 Å².